The Morgan fingerprint density at radius 1 is 1.07 bits per heavy atom. The first-order chi connectivity index (χ1) is 13.7. The Labute approximate surface area is 171 Å². The highest BCUT2D eigenvalue weighted by Gasteiger charge is 2.10. The van der Waals surface area contributed by atoms with Crippen LogP contribution in [0, 0.1) is 0 Å². The average Bonchev–Trinajstić information content (AvgIpc) is 2.73. The molecule has 1 aliphatic rings. The molecule has 2 rings (SSSR count). The summed E-state index contributed by atoms with van der Waals surface area (Å²) in [5.74, 6) is 0.858. The van der Waals surface area contributed by atoms with Gasteiger partial charge in [-0.05, 0) is 57.1 Å². The number of piperidine rings is 1. The molecule has 158 valence electrons. The van der Waals surface area contributed by atoms with E-state index in [1.807, 2.05) is 7.05 Å². The van der Waals surface area contributed by atoms with Crippen LogP contribution in [0.15, 0.2) is 29.3 Å². The highest BCUT2D eigenvalue weighted by Crippen LogP contribution is 2.13. The van der Waals surface area contributed by atoms with E-state index in [1.165, 1.54) is 43.5 Å². The van der Waals surface area contributed by atoms with Gasteiger partial charge in [0.05, 0.1) is 6.61 Å². The molecular weight excluding hydrogens is 350 g/mol. The van der Waals surface area contributed by atoms with Gasteiger partial charge in [-0.2, -0.15) is 0 Å². The summed E-state index contributed by atoms with van der Waals surface area (Å²) in [5.41, 5.74) is 2.69. The number of ether oxygens (including phenoxy) is 1. The van der Waals surface area contributed by atoms with Gasteiger partial charge in [-0.1, -0.05) is 30.7 Å². The molecule has 2 N–H and O–H groups in total. The van der Waals surface area contributed by atoms with E-state index in [4.69, 9.17) is 4.74 Å². The minimum absolute atomic E-state index is 0.782. The average molecular weight is 390 g/mol. The summed E-state index contributed by atoms with van der Waals surface area (Å²) >= 11 is 0. The molecule has 0 bridgehead atoms. The Morgan fingerprint density at radius 2 is 1.79 bits per heavy atom. The lowest BCUT2D eigenvalue weighted by Crippen LogP contribution is -2.38. The second-order valence-corrected chi connectivity index (χ2v) is 7.66. The van der Waals surface area contributed by atoms with Crippen LogP contribution in [0.5, 0.6) is 0 Å². The van der Waals surface area contributed by atoms with Crippen LogP contribution in [-0.4, -0.2) is 76.3 Å². The van der Waals surface area contributed by atoms with E-state index in [9.17, 15) is 0 Å². The third-order valence-electron chi connectivity index (χ3n) is 5.25. The van der Waals surface area contributed by atoms with Gasteiger partial charge in [-0.15, -0.1) is 0 Å². The number of likely N-dealkylation sites (tertiary alicyclic amines) is 1. The van der Waals surface area contributed by atoms with Gasteiger partial charge in [0, 0.05) is 40.3 Å². The van der Waals surface area contributed by atoms with Crippen molar-refractivity contribution in [2.45, 2.75) is 38.8 Å². The van der Waals surface area contributed by atoms with Crippen LogP contribution in [0.3, 0.4) is 0 Å². The normalized spacial score (nSPS) is 15.8. The smallest absolute Gasteiger partial charge is 0.191 e. The van der Waals surface area contributed by atoms with Crippen LogP contribution in [0.2, 0.25) is 0 Å². The van der Waals surface area contributed by atoms with Crippen molar-refractivity contribution in [2.75, 3.05) is 60.5 Å². The molecular formula is C22H39N5O. The number of methoxy groups -OCH3 is 1. The summed E-state index contributed by atoms with van der Waals surface area (Å²) in [6.07, 6.45) is 5.15. The molecule has 1 aliphatic heterocycles. The Balaban J connectivity index is 1.64. The number of benzene rings is 1. The molecule has 0 unspecified atom stereocenters. The molecule has 0 aromatic heterocycles. The minimum Gasteiger partial charge on any atom is -0.383 e. The maximum Gasteiger partial charge on any atom is 0.191 e. The number of aliphatic imine (C=N–C) groups is 1. The van der Waals surface area contributed by atoms with Crippen LogP contribution in [0.25, 0.3) is 0 Å². The van der Waals surface area contributed by atoms with Gasteiger partial charge >= 0.3 is 0 Å². The first kappa shape index (κ1) is 22.7. The molecule has 0 saturated carbocycles. The summed E-state index contributed by atoms with van der Waals surface area (Å²) in [6, 6.07) is 8.98. The monoisotopic (exact) mass is 389 g/mol. The standard InChI is InChI=1S/C22H39N5O/c1-23-22(24-12-7-13-26(2)16-17-28-3)25-18-20-8-10-21(11-9-20)19-27-14-5-4-6-15-27/h8-11H,4-7,12-19H2,1-3H3,(H2,23,24,25). The zero-order chi connectivity index (χ0) is 20.0. The van der Waals surface area contributed by atoms with Crippen LogP contribution in [0.1, 0.15) is 36.8 Å². The largest absolute Gasteiger partial charge is 0.383 e. The summed E-state index contributed by atoms with van der Waals surface area (Å²) in [4.78, 5) is 9.17. The topological polar surface area (TPSA) is 52.1 Å². The highest BCUT2D eigenvalue weighted by molar-refractivity contribution is 5.79. The van der Waals surface area contributed by atoms with Crippen LogP contribution in [-0.2, 0) is 17.8 Å². The molecule has 1 aromatic carbocycles. The van der Waals surface area contributed by atoms with E-state index < -0.39 is 0 Å². The number of nitrogens with zero attached hydrogens (tertiary/aromatic N) is 3. The summed E-state index contributed by atoms with van der Waals surface area (Å²) in [7, 11) is 5.69. The fourth-order valence-electron chi connectivity index (χ4n) is 3.46. The Bertz CT molecular complexity index is 555. The van der Waals surface area contributed by atoms with Crippen LogP contribution >= 0.6 is 0 Å². The van der Waals surface area contributed by atoms with E-state index >= 15 is 0 Å². The number of hydrogen-bond acceptors (Lipinski definition) is 4. The van der Waals surface area contributed by atoms with Gasteiger partial charge in [0.1, 0.15) is 0 Å². The van der Waals surface area contributed by atoms with Gasteiger partial charge in [0.25, 0.3) is 0 Å². The van der Waals surface area contributed by atoms with Crippen molar-refractivity contribution in [3.05, 3.63) is 35.4 Å². The minimum atomic E-state index is 0.782. The zero-order valence-electron chi connectivity index (χ0n) is 18.0. The lowest BCUT2D eigenvalue weighted by Gasteiger charge is -2.26. The molecule has 6 nitrogen and oxygen atoms in total. The predicted molar refractivity (Wildman–Crippen MR) is 118 cm³/mol. The molecule has 0 atom stereocenters. The maximum atomic E-state index is 5.10. The number of nitrogens with one attached hydrogen (secondary N) is 2. The molecule has 0 aliphatic carbocycles. The first-order valence-corrected chi connectivity index (χ1v) is 10.6. The van der Waals surface area contributed by atoms with Gasteiger partial charge in [0.15, 0.2) is 5.96 Å². The van der Waals surface area contributed by atoms with E-state index in [1.54, 1.807) is 7.11 Å². The van der Waals surface area contributed by atoms with Crippen molar-refractivity contribution in [3.8, 4) is 0 Å². The number of rotatable bonds is 11. The summed E-state index contributed by atoms with van der Waals surface area (Å²) in [6.45, 7) is 8.06. The third kappa shape index (κ3) is 9.04. The SMILES string of the molecule is CN=C(NCCCN(C)CCOC)NCc1ccc(CN2CCCCC2)cc1. The molecule has 1 heterocycles. The summed E-state index contributed by atoms with van der Waals surface area (Å²) < 4.78 is 5.10. The Kier molecular flexibility index (Phi) is 10.9. The highest BCUT2D eigenvalue weighted by atomic mass is 16.5. The lowest BCUT2D eigenvalue weighted by atomic mass is 10.1. The van der Waals surface area contributed by atoms with Crippen molar-refractivity contribution in [2.24, 2.45) is 4.99 Å². The predicted octanol–water partition coefficient (Wildman–Crippen LogP) is 2.31. The molecule has 28 heavy (non-hydrogen) atoms. The fourth-order valence-corrected chi connectivity index (χ4v) is 3.46. The van der Waals surface area contributed by atoms with Crippen molar-refractivity contribution >= 4 is 5.96 Å². The third-order valence-corrected chi connectivity index (χ3v) is 5.25. The fraction of sp³-hybridized carbons (Fsp3) is 0.682. The molecule has 1 aromatic rings. The van der Waals surface area contributed by atoms with E-state index in [0.29, 0.717) is 0 Å². The van der Waals surface area contributed by atoms with Crippen molar-refractivity contribution in [1.29, 1.82) is 0 Å². The Hall–Kier alpha value is -1.63. The molecule has 1 fully saturated rings. The van der Waals surface area contributed by atoms with Crippen LogP contribution in [0.4, 0.5) is 0 Å². The van der Waals surface area contributed by atoms with Crippen LogP contribution < -0.4 is 10.6 Å². The lowest BCUT2D eigenvalue weighted by molar-refractivity contribution is 0.161. The van der Waals surface area contributed by atoms with E-state index in [-0.39, 0.29) is 0 Å². The van der Waals surface area contributed by atoms with Gasteiger partial charge in [0.2, 0.25) is 0 Å². The van der Waals surface area contributed by atoms with Crippen molar-refractivity contribution in [3.63, 3.8) is 0 Å². The Morgan fingerprint density at radius 3 is 2.46 bits per heavy atom. The van der Waals surface area contributed by atoms with Crippen molar-refractivity contribution in [1.82, 2.24) is 20.4 Å². The first-order valence-electron chi connectivity index (χ1n) is 10.6. The quantitative estimate of drug-likeness (QED) is 0.346. The second kappa shape index (κ2) is 13.5. The molecule has 6 heteroatoms. The van der Waals surface area contributed by atoms with E-state index in [2.05, 4.69) is 56.7 Å². The number of likely N-dealkylation sites (N-methyl/N-ethyl adjacent to an activating group) is 1. The molecule has 0 amide bonds. The van der Waals surface area contributed by atoms with Gasteiger partial charge in [-0.25, -0.2) is 0 Å². The molecule has 0 spiro atoms. The number of guanidine groups is 1. The maximum absolute atomic E-state index is 5.10. The summed E-state index contributed by atoms with van der Waals surface area (Å²) in [5, 5.41) is 6.79. The number of hydrogen-bond donors (Lipinski definition) is 2. The van der Waals surface area contributed by atoms with E-state index in [0.717, 1.165) is 51.7 Å². The molecule has 0 radical (unpaired) electrons. The van der Waals surface area contributed by atoms with Gasteiger partial charge in [-0.3, -0.25) is 9.89 Å². The van der Waals surface area contributed by atoms with Gasteiger partial charge < -0.3 is 20.3 Å². The molecule has 1 saturated heterocycles. The van der Waals surface area contributed by atoms with Crippen molar-refractivity contribution < 1.29 is 4.74 Å². The second-order valence-electron chi connectivity index (χ2n) is 7.66. The zero-order valence-corrected chi connectivity index (χ0v) is 18.0.